The Balaban J connectivity index is 1.76. The first kappa shape index (κ1) is 13.2. The molecule has 3 rings (SSSR count). The van der Waals surface area contributed by atoms with Gasteiger partial charge in [0.1, 0.15) is 5.52 Å². The summed E-state index contributed by atoms with van der Waals surface area (Å²) in [6.07, 6.45) is 2.42. The van der Waals surface area contributed by atoms with Crippen molar-refractivity contribution in [3.8, 4) is 0 Å². The van der Waals surface area contributed by atoms with Crippen LogP contribution in [0.1, 0.15) is 11.7 Å². The molecule has 0 aliphatic heterocycles. The molecule has 1 unspecified atom stereocenters. The van der Waals surface area contributed by atoms with Crippen LogP contribution >= 0.6 is 0 Å². The van der Waals surface area contributed by atoms with Gasteiger partial charge in [0.15, 0.2) is 11.5 Å². The van der Waals surface area contributed by atoms with E-state index in [9.17, 15) is 5.11 Å². The molecule has 0 radical (unpaired) electrons. The molecule has 7 nitrogen and oxygen atoms in total. The normalized spacial score (nSPS) is 12.2. The van der Waals surface area contributed by atoms with Gasteiger partial charge in [-0.25, -0.2) is 9.97 Å². The molecule has 1 aromatic carbocycles. The van der Waals surface area contributed by atoms with Crippen LogP contribution in [-0.2, 0) is 0 Å². The number of nitrogens with one attached hydrogen (secondary N) is 1. The Bertz CT molecular complexity index is 749. The third-order valence-corrected chi connectivity index (χ3v) is 3.00. The smallest absolute Gasteiger partial charge is 0.226 e. The summed E-state index contributed by atoms with van der Waals surface area (Å²) in [5.74, 6) is 0.570. The Morgan fingerprint density at radius 2 is 1.86 bits per heavy atom. The lowest BCUT2D eigenvalue weighted by Crippen LogP contribution is -2.14. The van der Waals surface area contributed by atoms with Gasteiger partial charge in [0.05, 0.1) is 6.10 Å². The number of nitrogens with zero attached hydrogens (tertiary/aromatic N) is 4. The Hall–Kier alpha value is -2.80. The maximum absolute atomic E-state index is 10.1. The van der Waals surface area contributed by atoms with Crippen molar-refractivity contribution in [1.82, 2.24) is 19.9 Å². The second-order valence-corrected chi connectivity index (χ2v) is 4.47. The molecule has 21 heavy (non-hydrogen) atoms. The molecule has 2 heterocycles. The summed E-state index contributed by atoms with van der Waals surface area (Å²) in [6, 6.07) is 9.35. The Labute approximate surface area is 120 Å². The molecule has 0 spiro atoms. The highest BCUT2D eigenvalue weighted by molar-refractivity contribution is 5.81. The fourth-order valence-corrected chi connectivity index (χ4v) is 1.95. The molecule has 0 aliphatic rings. The van der Waals surface area contributed by atoms with Gasteiger partial charge in [-0.05, 0) is 5.56 Å². The summed E-state index contributed by atoms with van der Waals surface area (Å²) in [7, 11) is 0. The molecule has 0 saturated carbocycles. The number of aliphatic hydroxyl groups is 1. The maximum atomic E-state index is 10.1. The zero-order valence-electron chi connectivity index (χ0n) is 11.1. The van der Waals surface area contributed by atoms with Gasteiger partial charge in [-0.15, -0.1) is 0 Å². The maximum Gasteiger partial charge on any atom is 0.226 e. The minimum atomic E-state index is -0.659. The number of fused-ring (bicyclic) bond motifs is 1. The van der Waals surface area contributed by atoms with E-state index in [1.54, 1.807) is 0 Å². The van der Waals surface area contributed by atoms with Crippen LogP contribution < -0.4 is 11.1 Å². The summed E-state index contributed by atoms with van der Waals surface area (Å²) in [6.45, 7) is 0.273. The van der Waals surface area contributed by atoms with Gasteiger partial charge in [-0.2, -0.15) is 9.97 Å². The van der Waals surface area contributed by atoms with Gasteiger partial charge in [0, 0.05) is 18.9 Å². The first-order valence-electron chi connectivity index (χ1n) is 6.45. The quantitative estimate of drug-likeness (QED) is 0.658. The van der Waals surface area contributed by atoms with Gasteiger partial charge >= 0.3 is 0 Å². The highest BCUT2D eigenvalue weighted by Gasteiger charge is 2.10. The molecule has 0 aliphatic carbocycles. The van der Waals surface area contributed by atoms with E-state index in [0.717, 1.165) is 5.56 Å². The first-order chi connectivity index (χ1) is 10.2. The lowest BCUT2D eigenvalue weighted by atomic mass is 10.1. The third-order valence-electron chi connectivity index (χ3n) is 3.00. The molecular formula is C14H14N6O. The van der Waals surface area contributed by atoms with E-state index < -0.39 is 6.10 Å². The SMILES string of the molecule is Nc1nc(NCC(O)c2ccccc2)nc2nccnc12. The largest absolute Gasteiger partial charge is 0.387 e. The molecule has 0 bridgehead atoms. The van der Waals surface area contributed by atoms with Crippen LogP contribution in [0.5, 0.6) is 0 Å². The minimum Gasteiger partial charge on any atom is -0.387 e. The molecule has 0 fully saturated rings. The third kappa shape index (κ3) is 2.87. The monoisotopic (exact) mass is 282 g/mol. The minimum absolute atomic E-state index is 0.254. The summed E-state index contributed by atoms with van der Waals surface area (Å²) in [5.41, 5.74) is 7.52. The van der Waals surface area contributed by atoms with Crippen LogP contribution in [0.25, 0.3) is 11.2 Å². The number of nitrogen functional groups attached to an aromatic ring is 1. The van der Waals surface area contributed by atoms with E-state index in [4.69, 9.17) is 5.73 Å². The molecule has 0 saturated heterocycles. The predicted octanol–water partition coefficient (Wildman–Crippen LogP) is 1.15. The number of anilines is 2. The molecule has 2 aromatic heterocycles. The van der Waals surface area contributed by atoms with Crippen LogP contribution in [0.4, 0.5) is 11.8 Å². The van der Waals surface area contributed by atoms with Crippen molar-refractivity contribution < 1.29 is 5.11 Å². The van der Waals surface area contributed by atoms with E-state index in [2.05, 4.69) is 25.3 Å². The van der Waals surface area contributed by atoms with E-state index in [1.165, 1.54) is 12.4 Å². The second-order valence-electron chi connectivity index (χ2n) is 4.47. The van der Waals surface area contributed by atoms with Crippen molar-refractivity contribution in [2.24, 2.45) is 0 Å². The van der Waals surface area contributed by atoms with E-state index in [1.807, 2.05) is 30.3 Å². The molecule has 7 heteroatoms. The molecule has 3 aromatic rings. The van der Waals surface area contributed by atoms with Crippen molar-refractivity contribution >= 4 is 22.9 Å². The fourth-order valence-electron chi connectivity index (χ4n) is 1.95. The van der Waals surface area contributed by atoms with E-state index in [-0.39, 0.29) is 12.4 Å². The molecule has 106 valence electrons. The lowest BCUT2D eigenvalue weighted by molar-refractivity contribution is 0.191. The topological polar surface area (TPSA) is 110 Å². The lowest BCUT2D eigenvalue weighted by Gasteiger charge is -2.12. The number of aliphatic hydroxyl groups excluding tert-OH is 1. The number of aromatic nitrogens is 4. The Morgan fingerprint density at radius 3 is 2.67 bits per heavy atom. The average Bonchev–Trinajstić information content (AvgIpc) is 2.53. The van der Waals surface area contributed by atoms with Crippen LogP contribution in [0.3, 0.4) is 0 Å². The summed E-state index contributed by atoms with van der Waals surface area (Å²) in [4.78, 5) is 16.5. The van der Waals surface area contributed by atoms with Crippen molar-refractivity contribution in [2.75, 3.05) is 17.6 Å². The number of hydrogen-bond acceptors (Lipinski definition) is 7. The standard InChI is InChI=1S/C14H14N6O/c15-12-11-13(17-7-6-16-11)20-14(19-12)18-8-10(21)9-4-2-1-3-5-9/h1-7,10,21H,8H2,(H3,15,17,18,19,20). The van der Waals surface area contributed by atoms with Crippen LogP contribution in [0.2, 0.25) is 0 Å². The summed E-state index contributed by atoms with van der Waals surface area (Å²) in [5, 5.41) is 13.0. The molecule has 4 N–H and O–H groups in total. The predicted molar refractivity (Wildman–Crippen MR) is 79.4 cm³/mol. The molecule has 0 amide bonds. The van der Waals surface area contributed by atoms with E-state index in [0.29, 0.717) is 17.1 Å². The summed E-state index contributed by atoms with van der Waals surface area (Å²) < 4.78 is 0. The van der Waals surface area contributed by atoms with E-state index >= 15 is 0 Å². The second kappa shape index (κ2) is 5.68. The van der Waals surface area contributed by atoms with Gasteiger partial charge in [-0.3, -0.25) is 0 Å². The first-order valence-corrected chi connectivity index (χ1v) is 6.45. The van der Waals surface area contributed by atoms with Crippen molar-refractivity contribution in [2.45, 2.75) is 6.10 Å². The van der Waals surface area contributed by atoms with Crippen molar-refractivity contribution in [1.29, 1.82) is 0 Å². The van der Waals surface area contributed by atoms with Gasteiger partial charge in [0.2, 0.25) is 5.95 Å². The van der Waals surface area contributed by atoms with Crippen LogP contribution in [0.15, 0.2) is 42.7 Å². The Morgan fingerprint density at radius 1 is 1.10 bits per heavy atom. The number of hydrogen-bond donors (Lipinski definition) is 3. The summed E-state index contributed by atoms with van der Waals surface area (Å²) >= 11 is 0. The Kier molecular flexibility index (Phi) is 3.57. The van der Waals surface area contributed by atoms with Crippen LogP contribution in [0, 0.1) is 0 Å². The fraction of sp³-hybridized carbons (Fsp3) is 0.143. The molecular weight excluding hydrogens is 268 g/mol. The average molecular weight is 282 g/mol. The van der Waals surface area contributed by atoms with Gasteiger partial charge in [-0.1, -0.05) is 30.3 Å². The molecule has 1 atom stereocenters. The van der Waals surface area contributed by atoms with Gasteiger partial charge in [0.25, 0.3) is 0 Å². The van der Waals surface area contributed by atoms with Crippen molar-refractivity contribution in [3.63, 3.8) is 0 Å². The van der Waals surface area contributed by atoms with Crippen LogP contribution in [-0.4, -0.2) is 31.6 Å². The zero-order chi connectivity index (χ0) is 14.7. The highest BCUT2D eigenvalue weighted by atomic mass is 16.3. The number of rotatable bonds is 4. The zero-order valence-corrected chi connectivity index (χ0v) is 11.1. The van der Waals surface area contributed by atoms with Crippen molar-refractivity contribution in [3.05, 3.63) is 48.3 Å². The highest BCUT2D eigenvalue weighted by Crippen LogP contribution is 2.16. The number of benzene rings is 1. The number of nitrogens with two attached hydrogens (primary N) is 1. The van der Waals surface area contributed by atoms with Gasteiger partial charge < -0.3 is 16.2 Å².